The van der Waals surface area contributed by atoms with Crippen LogP contribution in [0.3, 0.4) is 0 Å². The highest BCUT2D eigenvalue weighted by atomic mass is 15.1. The van der Waals surface area contributed by atoms with E-state index in [9.17, 15) is 0 Å². The molecule has 48 heavy (non-hydrogen) atoms. The summed E-state index contributed by atoms with van der Waals surface area (Å²) < 4.78 is 2.39. The van der Waals surface area contributed by atoms with E-state index in [1.165, 1.54) is 54.8 Å². The van der Waals surface area contributed by atoms with Crippen molar-refractivity contribution in [1.82, 2.24) is 4.57 Å². The van der Waals surface area contributed by atoms with Gasteiger partial charge in [0.2, 0.25) is 0 Å². The van der Waals surface area contributed by atoms with Gasteiger partial charge in [0.15, 0.2) is 0 Å². The van der Waals surface area contributed by atoms with Gasteiger partial charge < -0.3 is 9.47 Å². The maximum absolute atomic E-state index is 2.40. The van der Waals surface area contributed by atoms with E-state index in [1.54, 1.807) is 0 Å². The Balaban J connectivity index is 1.25. The van der Waals surface area contributed by atoms with Gasteiger partial charge in [0, 0.05) is 33.2 Å². The van der Waals surface area contributed by atoms with Crippen LogP contribution >= 0.6 is 0 Å². The Bertz CT molecular complexity index is 2430. The lowest BCUT2D eigenvalue weighted by Crippen LogP contribution is -2.10. The van der Waals surface area contributed by atoms with Crippen LogP contribution < -0.4 is 4.90 Å². The molecule has 9 rings (SSSR count). The zero-order chi connectivity index (χ0) is 31.9. The summed E-state index contributed by atoms with van der Waals surface area (Å²) in [6.07, 6.45) is 0. The summed E-state index contributed by atoms with van der Waals surface area (Å²) in [6, 6.07) is 69.9. The van der Waals surface area contributed by atoms with Gasteiger partial charge in [-0.05, 0) is 88.3 Å². The first-order chi connectivity index (χ1) is 23.8. The molecule has 0 saturated carbocycles. The highest BCUT2D eigenvalue weighted by Crippen LogP contribution is 2.43. The number of hydrogen-bond donors (Lipinski definition) is 0. The van der Waals surface area contributed by atoms with E-state index in [0.717, 1.165) is 22.7 Å². The largest absolute Gasteiger partial charge is 0.310 e. The highest BCUT2D eigenvalue weighted by Gasteiger charge is 2.19. The quantitative estimate of drug-likeness (QED) is 0.181. The minimum atomic E-state index is 1.11. The van der Waals surface area contributed by atoms with Crippen molar-refractivity contribution in [2.75, 3.05) is 4.90 Å². The summed E-state index contributed by atoms with van der Waals surface area (Å²) in [5.74, 6) is 0. The van der Waals surface area contributed by atoms with Gasteiger partial charge in [0.05, 0.1) is 16.7 Å². The van der Waals surface area contributed by atoms with Crippen LogP contribution in [0.25, 0.3) is 60.5 Å². The molecule has 0 aliphatic heterocycles. The van der Waals surface area contributed by atoms with Crippen LogP contribution in [-0.2, 0) is 0 Å². The van der Waals surface area contributed by atoms with Crippen molar-refractivity contribution >= 4 is 49.6 Å². The number of anilines is 3. The molecular formula is C46H32N2. The van der Waals surface area contributed by atoms with Crippen molar-refractivity contribution < 1.29 is 0 Å². The first-order valence-electron chi connectivity index (χ1n) is 16.4. The predicted molar refractivity (Wildman–Crippen MR) is 204 cm³/mol. The summed E-state index contributed by atoms with van der Waals surface area (Å²) in [7, 11) is 0. The summed E-state index contributed by atoms with van der Waals surface area (Å²) in [4.78, 5) is 2.40. The zero-order valence-electron chi connectivity index (χ0n) is 26.4. The van der Waals surface area contributed by atoms with E-state index in [-0.39, 0.29) is 0 Å². The third-order valence-electron chi connectivity index (χ3n) is 9.37. The molecule has 1 aromatic heterocycles. The third kappa shape index (κ3) is 4.83. The molecule has 0 amide bonds. The van der Waals surface area contributed by atoms with E-state index in [0.29, 0.717) is 0 Å². The van der Waals surface area contributed by atoms with Gasteiger partial charge in [-0.1, -0.05) is 133 Å². The summed E-state index contributed by atoms with van der Waals surface area (Å²) in [5, 5.41) is 4.90. The molecule has 226 valence electrons. The van der Waals surface area contributed by atoms with Gasteiger partial charge in [0.25, 0.3) is 0 Å². The molecule has 0 saturated heterocycles. The Kier molecular flexibility index (Phi) is 6.84. The van der Waals surface area contributed by atoms with Crippen LogP contribution in [-0.4, -0.2) is 4.57 Å². The number of nitrogens with zero attached hydrogens (tertiary/aromatic N) is 2. The summed E-state index contributed by atoms with van der Waals surface area (Å²) >= 11 is 0. The van der Waals surface area contributed by atoms with E-state index in [4.69, 9.17) is 0 Å². The number of para-hydroxylation sites is 2. The van der Waals surface area contributed by atoms with E-state index in [2.05, 4.69) is 204 Å². The minimum absolute atomic E-state index is 1.11. The molecule has 0 aliphatic rings. The smallest absolute Gasteiger partial charge is 0.0547 e. The number of hydrogen-bond acceptors (Lipinski definition) is 1. The Hall–Kier alpha value is -6.38. The van der Waals surface area contributed by atoms with Crippen molar-refractivity contribution in [1.29, 1.82) is 0 Å². The molecule has 8 aromatic carbocycles. The van der Waals surface area contributed by atoms with Crippen LogP contribution in [0.4, 0.5) is 17.1 Å². The number of aromatic nitrogens is 1. The lowest BCUT2D eigenvalue weighted by Gasteiger charge is -2.27. The Morgan fingerprint density at radius 3 is 1.46 bits per heavy atom. The molecule has 2 nitrogen and oxygen atoms in total. The SMILES string of the molecule is c1ccc(-c2ccc(N(c3ccc(-c4ccccc4)cc3)c3cccc4cc5c(cc34)c3ccccc3n5-c3ccccc3)cc2)cc1. The van der Waals surface area contributed by atoms with Gasteiger partial charge in [-0.15, -0.1) is 0 Å². The minimum Gasteiger partial charge on any atom is -0.310 e. The molecule has 0 atom stereocenters. The highest BCUT2D eigenvalue weighted by molar-refractivity contribution is 6.16. The monoisotopic (exact) mass is 612 g/mol. The van der Waals surface area contributed by atoms with Gasteiger partial charge >= 0.3 is 0 Å². The Labute approximate surface area is 280 Å². The predicted octanol–water partition coefficient (Wildman–Crippen LogP) is 12.7. The van der Waals surface area contributed by atoms with E-state index in [1.807, 2.05) is 0 Å². The average Bonchev–Trinajstić information content (AvgIpc) is 3.49. The molecule has 1 heterocycles. The van der Waals surface area contributed by atoms with Crippen molar-refractivity contribution in [3.63, 3.8) is 0 Å². The second kappa shape index (κ2) is 11.8. The number of rotatable bonds is 6. The van der Waals surface area contributed by atoms with Crippen molar-refractivity contribution in [3.8, 4) is 27.9 Å². The van der Waals surface area contributed by atoms with Crippen LogP contribution in [0.15, 0.2) is 194 Å². The van der Waals surface area contributed by atoms with Crippen LogP contribution in [0.2, 0.25) is 0 Å². The van der Waals surface area contributed by atoms with Crippen LogP contribution in [0.1, 0.15) is 0 Å². The first-order valence-corrected chi connectivity index (χ1v) is 16.4. The maximum Gasteiger partial charge on any atom is 0.0547 e. The van der Waals surface area contributed by atoms with Gasteiger partial charge in [-0.2, -0.15) is 0 Å². The molecule has 0 N–H and O–H groups in total. The second-order valence-electron chi connectivity index (χ2n) is 12.2. The van der Waals surface area contributed by atoms with Crippen molar-refractivity contribution in [2.24, 2.45) is 0 Å². The first kappa shape index (κ1) is 27.9. The molecule has 0 fully saturated rings. The van der Waals surface area contributed by atoms with E-state index < -0.39 is 0 Å². The number of benzene rings is 8. The summed E-state index contributed by atoms with van der Waals surface area (Å²) in [6.45, 7) is 0. The fourth-order valence-electron chi connectivity index (χ4n) is 7.07. The van der Waals surface area contributed by atoms with Crippen molar-refractivity contribution in [3.05, 3.63) is 194 Å². The Morgan fingerprint density at radius 1 is 0.333 bits per heavy atom. The van der Waals surface area contributed by atoms with E-state index >= 15 is 0 Å². The van der Waals surface area contributed by atoms with Gasteiger partial charge in [-0.3, -0.25) is 0 Å². The second-order valence-corrected chi connectivity index (χ2v) is 12.2. The lowest BCUT2D eigenvalue weighted by molar-refractivity contribution is 1.18. The zero-order valence-corrected chi connectivity index (χ0v) is 26.4. The average molecular weight is 613 g/mol. The molecule has 0 spiro atoms. The molecular weight excluding hydrogens is 581 g/mol. The number of fused-ring (bicyclic) bond motifs is 4. The summed E-state index contributed by atoms with van der Waals surface area (Å²) in [5.41, 5.74) is 11.8. The standard InChI is InChI=1S/C46H32N2/c1-4-13-33(14-5-1)35-23-27-39(28-24-35)47(40-29-25-36(26-30-40)34-15-6-2-7-16-34)45-22-12-17-37-31-46-43(32-42(37)45)41-20-10-11-21-44(41)48(46)38-18-8-3-9-19-38/h1-32H. The van der Waals surface area contributed by atoms with Crippen molar-refractivity contribution in [2.45, 2.75) is 0 Å². The van der Waals surface area contributed by atoms with Crippen LogP contribution in [0, 0.1) is 0 Å². The molecule has 0 aliphatic carbocycles. The molecule has 9 aromatic rings. The fourth-order valence-corrected chi connectivity index (χ4v) is 7.07. The molecule has 0 radical (unpaired) electrons. The van der Waals surface area contributed by atoms with Gasteiger partial charge in [-0.25, -0.2) is 0 Å². The Morgan fingerprint density at radius 2 is 0.854 bits per heavy atom. The third-order valence-corrected chi connectivity index (χ3v) is 9.37. The topological polar surface area (TPSA) is 8.17 Å². The maximum atomic E-state index is 2.40. The molecule has 2 heteroatoms. The fraction of sp³-hybridized carbons (Fsp3) is 0. The van der Waals surface area contributed by atoms with Gasteiger partial charge in [0.1, 0.15) is 0 Å². The lowest BCUT2D eigenvalue weighted by atomic mass is 10.0. The van der Waals surface area contributed by atoms with Crippen LogP contribution in [0.5, 0.6) is 0 Å². The normalized spacial score (nSPS) is 11.3. The molecule has 0 bridgehead atoms. The molecule has 0 unspecified atom stereocenters.